The van der Waals surface area contributed by atoms with Gasteiger partial charge in [-0.2, -0.15) is 5.10 Å². The molecule has 0 spiro atoms. The Morgan fingerprint density at radius 3 is 3.00 bits per heavy atom. The summed E-state index contributed by atoms with van der Waals surface area (Å²) in [5.41, 5.74) is 1.04. The number of nitrogens with one attached hydrogen (secondary N) is 2. The molecule has 1 aromatic carbocycles. The van der Waals surface area contributed by atoms with Crippen LogP contribution in [-0.2, 0) is 13.1 Å². The first kappa shape index (κ1) is 12.3. The molecule has 1 aromatic heterocycles. The van der Waals surface area contributed by atoms with Gasteiger partial charge in [0.1, 0.15) is 25.4 Å². The first-order chi connectivity index (χ1) is 9.33. The Morgan fingerprint density at radius 1 is 1.26 bits per heavy atom. The molecule has 1 aliphatic heterocycles. The van der Waals surface area contributed by atoms with Gasteiger partial charge in [-0.3, -0.25) is 5.10 Å². The van der Waals surface area contributed by atoms with Crippen molar-refractivity contribution >= 4 is 11.6 Å². The van der Waals surface area contributed by atoms with Gasteiger partial charge in [-0.05, 0) is 17.7 Å². The van der Waals surface area contributed by atoms with Crippen LogP contribution in [0.5, 0.6) is 11.5 Å². The standard InChI is InChI=1S/C12H13ClN4O2/c13-9-3-8(4-10-12(9)19-2-1-18-10)5-14-6-11-15-7-16-17-11/h3-4,7,14H,1-2,5-6H2,(H,15,16,17). The summed E-state index contributed by atoms with van der Waals surface area (Å²) in [5.74, 6) is 2.13. The number of benzene rings is 1. The van der Waals surface area contributed by atoms with E-state index in [1.54, 1.807) is 0 Å². The van der Waals surface area contributed by atoms with E-state index >= 15 is 0 Å². The number of hydrogen-bond acceptors (Lipinski definition) is 5. The van der Waals surface area contributed by atoms with Crippen molar-refractivity contribution in [2.45, 2.75) is 13.1 Å². The van der Waals surface area contributed by atoms with Crippen LogP contribution in [0, 0.1) is 0 Å². The summed E-state index contributed by atoms with van der Waals surface area (Å²) < 4.78 is 11.0. The van der Waals surface area contributed by atoms with Crippen LogP contribution < -0.4 is 14.8 Å². The Kier molecular flexibility index (Phi) is 3.52. The molecule has 7 heteroatoms. The highest BCUT2D eigenvalue weighted by Crippen LogP contribution is 2.38. The number of fused-ring (bicyclic) bond motifs is 1. The van der Waals surface area contributed by atoms with Crippen LogP contribution in [0.4, 0.5) is 0 Å². The third-order valence-corrected chi connectivity index (χ3v) is 3.02. The van der Waals surface area contributed by atoms with Gasteiger partial charge in [-0.25, -0.2) is 4.98 Å². The maximum Gasteiger partial charge on any atom is 0.179 e. The molecule has 0 saturated heterocycles. The summed E-state index contributed by atoms with van der Waals surface area (Å²) in [6.07, 6.45) is 1.48. The Bertz CT molecular complexity index is 559. The number of H-pyrrole nitrogens is 1. The van der Waals surface area contributed by atoms with Crippen molar-refractivity contribution < 1.29 is 9.47 Å². The van der Waals surface area contributed by atoms with Crippen LogP contribution in [0.3, 0.4) is 0 Å². The number of aromatic amines is 1. The molecule has 1 aliphatic rings. The van der Waals surface area contributed by atoms with Crippen molar-refractivity contribution in [2.75, 3.05) is 13.2 Å². The van der Waals surface area contributed by atoms with Gasteiger partial charge in [-0.1, -0.05) is 11.6 Å². The summed E-state index contributed by atoms with van der Waals surface area (Å²) in [7, 11) is 0. The third kappa shape index (κ3) is 2.80. The summed E-state index contributed by atoms with van der Waals surface area (Å²) in [5, 5.41) is 10.4. The molecule has 0 atom stereocenters. The molecular weight excluding hydrogens is 268 g/mol. The summed E-state index contributed by atoms with van der Waals surface area (Å²) in [6.45, 7) is 2.37. The maximum atomic E-state index is 6.16. The van der Waals surface area contributed by atoms with Gasteiger partial charge in [0, 0.05) is 6.54 Å². The monoisotopic (exact) mass is 280 g/mol. The molecule has 2 N–H and O–H groups in total. The molecule has 0 amide bonds. The Balaban J connectivity index is 1.66. The van der Waals surface area contributed by atoms with Gasteiger partial charge in [0.2, 0.25) is 0 Å². The number of hydrogen-bond donors (Lipinski definition) is 2. The number of rotatable bonds is 4. The lowest BCUT2D eigenvalue weighted by molar-refractivity contribution is 0.171. The second-order valence-corrected chi connectivity index (χ2v) is 4.54. The second-order valence-electron chi connectivity index (χ2n) is 4.14. The van der Waals surface area contributed by atoms with Crippen LogP contribution in [0.15, 0.2) is 18.5 Å². The minimum Gasteiger partial charge on any atom is -0.486 e. The van der Waals surface area contributed by atoms with E-state index in [9.17, 15) is 0 Å². The normalized spacial score (nSPS) is 13.5. The zero-order valence-corrected chi connectivity index (χ0v) is 10.9. The molecule has 0 bridgehead atoms. The van der Waals surface area contributed by atoms with Crippen molar-refractivity contribution in [2.24, 2.45) is 0 Å². The van der Waals surface area contributed by atoms with Crippen LogP contribution in [0.1, 0.15) is 11.4 Å². The van der Waals surface area contributed by atoms with E-state index in [0.29, 0.717) is 42.8 Å². The van der Waals surface area contributed by atoms with Crippen molar-refractivity contribution in [1.29, 1.82) is 0 Å². The lowest BCUT2D eigenvalue weighted by Gasteiger charge is -2.20. The lowest BCUT2D eigenvalue weighted by atomic mass is 10.2. The molecule has 0 unspecified atom stereocenters. The Labute approximate surface area is 115 Å². The maximum absolute atomic E-state index is 6.16. The van der Waals surface area contributed by atoms with Gasteiger partial charge in [0.25, 0.3) is 0 Å². The predicted molar refractivity (Wildman–Crippen MR) is 69.4 cm³/mol. The van der Waals surface area contributed by atoms with E-state index in [1.165, 1.54) is 6.33 Å². The van der Waals surface area contributed by atoms with E-state index in [0.717, 1.165) is 11.4 Å². The number of halogens is 1. The van der Waals surface area contributed by atoms with E-state index in [4.69, 9.17) is 21.1 Å². The van der Waals surface area contributed by atoms with Crippen LogP contribution >= 0.6 is 11.6 Å². The predicted octanol–water partition coefficient (Wildman–Crippen LogP) is 1.52. The van der Waals surface area contributed by atoms with Crippen molar-refractivity contribution in [3.05, 3.63) is 34.9 Å². The van der Waals surface area contributed by atoms with Crippen LogP contribution in [0.2, 0.25) is 5.02 Å². The quantitative estimate of drug-likeness (QED) is 0.888. The molecule has 19 heavy (non-hydrogen) atoms. The van der Waals surface area contributed by atoms with Crippen molar-refractivity contribution in [3.63, 3.8) is 0 Å². The van der Waals surface area contributed by atoms with E-state index in [1.807, 2.05) is 12.1 Å². The van der Waals surface area contributed by atoms with Crippen LogP contribution in [0.25, 0.3) is 0 Å². The lowest BCUT2D eigenvalue weighted by Crippen LogP contribution is -2.17. The highest BCUT2D eigenvalue weighted by molar-refractivity contribution is 6.32. The van der Waals surface area contributed by atoms with Gasteiger partial charge >= 0.3 is 0 Å². The third-order valence-electron chi connectivity index (χ3n) is 2.74. The molecule has 2 heterocycles. The summed E-state index contributed by atoms with van der Waals surface area (Å²) in [6, 6.07) is 3.82. The Hall–Kier alpha value is -1.79. The zero-order chi connectivity index (χ0) is 13.1. The van der Waals surface area contributed by atoms with Crippen molar-refractivity contribution in [3.8, 4) is 11.5 Å². The SMILES string of the molecule is Clc1cc(CNCc2ncn[nH]2)cc2c1OCCO2. The fraction of sp³-hybridized carbons (Fsp3) is 0.333. The molecular formula is C12H13ClN4O2. The molecule has 0 saturated carbocycles. The Morgan fingerprint density at radius 2 is 2.16 bits per heavy atom. The minimum absolute atomic E-state index is 0.538. The van der Waals surface area contributed by atoms with Gasteiger partial charge in [-0.15, -0.1) is 0 Å². The molecule has 3 rings (SSSR count). The number of nitrogens with zero attached hydrogens (tertiary/aromatic N) is 2. The van der Waals surface area contributed by atoms with E-state index in [-0.39, 0.29) is 0 Å². The fourth-order valence-electron chi connectivity index (χ4n) is 1.91. The zero-order valence-electron chi connectivity index (χ0n) is 10.1. The highest BCUT2D eigenvalue weighted by atomic mass is 35.5. The van der Waals surface area contributed by atoms with Gasteiger partial charge in [0.15, 0.2) is 11.5 Å². The molecule has 0 aliphatic carbocycles. The molecule has 0 fully saturated rings. The largest absolute Gasteiger partial charge is 0.486 e. The molecule has 100 valence electrons. The highest BCUT2D eigenvalue weighted by Gasteiger charge is 2.16. The fourth-order valence-corrected chi connectivity index (χ4v) is 2.20. The van der Waals surface area contributed by atoms with E-state index in [2.05, 4.69) is 20.5 Å². The summed E-state index contributed by atoms with van der Waals surface area (Å²) in [4.78, 5) is 4.04. The van der Waals surface area contributed by atoms with Crippen molar-refractivity contribution in [1.82, 2.24) is 20.5 Å². The molecule has 6 nitrogen and oxygen atoms in total. The number of aromatic nitrogens is 3. The molecule has 2 aromatic rings. The topological polar surface area (TPSA) is 72.1 Å². The minimum atomic E-state index is 0.538. The smallest absolute Gasteiger partial charge is 0.179 e. The second kappa shape index (κ2) is 5.46. The first-order valence-corrected chi connectivity index (χ1v) is 6.34. The van der Waals surface area contributed by atoms with Gasteiger partial charge in [0.05, 0.1) is 11.6 Å². The van der Waals surface area contributed by atoms with Crippen LogP contribution in [-0.4, -0.2) is 28.4 Å². The molecule has 0 radical (unpaired) electrons. The first-order valence-electron chi connectivity index (χ1n) is 5.96. The van der Waals surface area contributed by atoms with Gasteiger partial charge < -0.3 is 14.8 Å². The average molecular weight is 281 g/mol. The summed E-state index contributed by atoms with van der Waals surface area (Å²) >= 11 is 6.16. The number of ether oxygens (including phenoxy) is 2. The van der Waals surface area contributed by atoms with E-state index < -0.39 is 0 Å². The average Bonchev–Trinajstić information content (AvgIpc) is 2.92.